The maximum atomic E-state index is 12.7. The Balaban J connectivity index is 1.23. The maximum Gasteiger partial charge on any atom is 0.338 e. The van der Waals surface area contributed by atoms with Crippen LogP contribution in [0, 0.1) is 48.1 Å². The first kappa shape index (κ1) is 38.9. The normalized spacial score (nSPS) is 14.4. The summed E-state index contributed by atoms with van der Waals surface area (Å²) in [6.07, 6.45) is 20.6. The van der Waals surface area contributed by atoms with Crippen molar-refractivity contribution >= 4 is 17.9 Å². The van der Waals surface area contributed by atoms with E-state index in [4.69, 9.17) is 30.1 Å². The van der Waals surface area contributed by atoms with Crippen molar-refractivity contribution in [3.05, 3.63) is 72.3 Å². The number of esters is 3. The second kappa shape index (κ2) is 23.7. The largest absolute Gasteiger partial charge is 0.494 e. The molecule has 0 aliphatic heterocycles. The van der Waals surface area contributed by atoms with Crippen LogP contribution >= 0.6 is 0 Å². The Morgan fingerprint density at radius 3 is 1.62 bits per heavy atom. The van der Waals surface area contributed by atoms with Crippen molar-refractivity contribution in [3.8, 4) is 59.6 Å². The number of carbonyl (C=O) groups is 3. The second-order valence-corrected chi connectivity index (χ2v) is 11.6. The molecule has 3 rings (SSSR count). The Hall–Kier alpha value is -5.57. The lowest BCUT2D eigenvalue weighted by molar-refractivity contribution is -0.137. The smallest absolute Gasteiger partial charge is 0.338 e. The summed E-state index contributed by atoms with van der Waals surface area (Å²) in [4.78, 5) is 36.4. The Kier molecular flexibility index (Phi) is 18.4. The van der Waals surface area contributed by atoms with Gasteiger partial charge in [-0.1, -0.05) is 51.5 Å². The third-order valence-electron chi connectivity index (χ3n) is 7.86. The molecule has 0 saturated heterocycles. The fraction of sp³-hybridized carbons (Fsp3) is 0.405. The Morgan fingerprint density at radius 2 is 1.10 bits per heavy atom. The summed E-state index contributed by atoms with van der Waals surface area (Å²) in [6, 6.07) is 13.5. The summed E-state index contributed by atoms with van der Waals surface area (Å²) >= 11 is 0. The number of ether oxygens (including phenoxy) is 5. The van der Waals surface area contributed by atoms with Crippen LogP contribution in [0.2, 0.25) is 0 Å². The zero-order valence-electron chi connectivity index (χ0n) is 28.5. The van der Waals surface area contributed by atoms with Gasteiger partial charge in [0, 0.05) is 23.8 Å². The van der Waals surface area contributed by atoms with E-state index < -0.39 is 5.97 Å². The summed E-state index contributed by atoms with van der Waals surface area (Å²) in [5.74, 6) is 14.4. The molecule has 1 aliphatic rings. The van der Waals surface area contributed by atoms with Crippen molar-refractivity contribution in [2.75, 3.05) is 13.2 Å². The minimum Gasteiger partial charge on any atom is -0.494 e. The van der Waals surface area contributed by atoms with Gasteiger partial charge in [0.2, 0.25) is 0 Å². The molecule has 0 bridgehead atoms. The van der Waals surface area contributed by atoms with Crippen molar-refractivity contribution in [1.82, 2.24) is 0 Å². The van der Waals surface area contributed by atoms with Crippen LogP contribution in [0.15, 0.2) is 61.2 Å². The van der Waals surface area contributed by atoms with E-state index in [0.29, 0.717) is 55.8 Å². The van der Waals surface area contributed by atoms with Crippen LogP contribution in [0.3, 0.4) is 0 Å². The summed E-state index contributed by atoms with van der Waals surface area (Å²) < 4.78 is 27.5. The third kappa shape index (κ3) is 16.0. The number of unbranched alkanes of at least 4 members (excludes halogenated alkanes) is 8. The number of benzene rings is 2. The van der Waals surface area contributed by atoms with Gasteiger partial charge in [-0.15, -0.1) is 6.42 Å². The van der Waals surface area contributed by atoms with Crippen molar-refractivity contribution in [3.63, 3.8) is 0 Å². The van der Waals surface area contributed by atoms with E-state index >= 15 is 0 Å². The lowest BCUT2D eigenvalue weighted by Gasteiger charge is -2.28. The second-order valence-electron chi connectivity index (χ2n) is 11.6. The molecule has 2 aromatic rings. The van der Waals surface area contributed by atoms with E-state index in [1.807, 2.05) is 0 Å². The van der Waals surface area contributed by atoms with Gasteiger partial charge in [0.15, 0.2) is 0 Å². The van der Waals surface area contributed by atoms with Gasteiger partial charge in [-0.25, -0.2) is 14.4 Å². The quantitative estimate of drug-likeness (QED) is 0.0493. The van der Waals surface area contributed by atoms with Gasteiger partial charge in [-0.3, -0.25) is 0 Å². The molecule has 8 heteroatoms. The summed E-state index contributed by atoms with van der Waals surface area (Å²) in [5, 5.41) is 0. The molecule has 1 saturated carbocycles. The lowest BCUT2D eigenvalue weighted by atomic mass is 9.95. The number of terminal acetylenes is 1. The molecule has 0 aromatic heterocycles. The summed E-state index contributed by atoms with van der Waals surface area (Å²) in [7, 11) is 0. The monoisotopic (exact) mass is 676 g/mol. The van der Waals surface area contributed by atoms with Gasteiger partial charge in [-0.2, -0.15) is 0 Å². The molecule has 1 fully saturated rings. The zero-order valence-corrected chi connectivity index (χ0v) is 28.5. The van der Waals surface area contributed by atoms with E-state index in [-0.39, 0.29) is 24.1 Å². The third-order valence-corrected chi connectivity index (χ3v) is 7.86. The van der Waals surface area contributed by atoms with Crippen LogP contribution in [0.5, 0.6) is 11.5 Å². The predicted molar refractivity (Wildman–Crippen MR) is 191 cm³/mol. The number of carbonyl (C=O) groups excluding carboxylic acids is 3. The van der Waals surface area contributed by atoms with Crippen LogP contribution in [-0.2, 0) is 19.0 Å². The first-order chi connectivity index (χ1) is 24.5. The Morgan fingerprint density at radius 1 is 0.640 bits per heavy atom. The van der Waals surface area contributed by atoms with Crippen LogP contribution in [0.4, 0.5) is 0 Å². The van der Waals surface area contributed by atoms with E-state index in [9.17, 15) is 14.4 Å². The van der Waals surface area contributed by atoms with Gasteiger partial charge < -0.3 is 23.7 Å². The zero-order chi connectivity index (χ0) is 35.7. The number of rotatable bonds is 19. The fourth-order valence-corrected chi connectivity index (χ4v) is 5.16. The topological polar surface area (TPSA) is 97.4 Å². The Labute approximate surface area is 296 Å². The maximum absolute atomic E-state index is 12.7. The van der Waals surface area contributed by atoms with E-state index in [2.05, 4.69) is 48.2 Å². The van der Waals surface area contributed by atoms with Gasteiger partial charge in [-0.05, 0) is 105 Å². The SMILES string of the molecule is C#CC#CC#CC#COc1ccc(C(=O)OC2CCC(OC(=O)c3ccc(OCCCCCCCCCCCOC(=O)C=C)cc3)CC2)cc1. The van der Waals surface area contributed by atoms with Crippen LogP contribution in [-0.4, -0.2) is 43.3 Å². The molecular weight excluding hydrogens is 632 g/mol. The molecule has 0 radical (unpaired) electrons. The molecule has 0 atom stereocenters. The molecule has 50 heavy (non-hydrogen) atoms. The van der Waals surface area contributed by atoms with Crippen molar-refractivity contribution in [2.24, 2.45) is 0 Å². The molecule has 1 aliphatic carbocycles. The van der Waals surface area contributed by atoms with E-state index in [0.717, 1.165) is 37.9 Å². The lowest BCUT2D eigenvalue weighted by Crippen LogP contribution is -2.29. The van der Waals surface area contributed by atoms with E-state index in [1.165, 1.54) is 31.8 Å². The van der Waals surface area contributed by atoms with Crippen molar-refractivity contribution < 1.29 is 38.1 Å². The number of hydrogen-bond acceptors (Lipinski definition) is 8. The average molecular weight is 677 g/mol. The van der Waals surface area contributed by atoms with Crippen LogP contribution in [0.25, 0.3) is 0 Å². The molecule has 2 aromatic carbocycles. The molecule has 0 unspecified atom stereocenters. The molecule has 0 spiro atoms. The summed E-state index contributed by atoms with van der Waals surface area (Å²) in [5.41, 5.74) is 0.876. The van der Waals surface area contributed by atoms with Crippen LogP contribution in [0.1, 0.15) is 104 Å². The minimum absolute atomic E-state index is 0.228. The standard InChI is InChI=1S/C42H44O8/c1-3-5-6-7-13-16-31-46-36-23-19-34(20-24-36)41(44)49-38-27-29-39(30-28-38)50-42(45)35-21-25-37(26-22-35)47-32-17-14-11-9-8-10-12-15-18-33-48-40(43)4-2/h1,4,19-26,38-39H,2,8-12,14-15,17-18,27-30,32-33H2. The molecule has 260 valence electrons. The predicted octanol–water partition coefficient (Wildman–Crippen LogP) is 7.61. The summed E-state index contributed by atoms with van der Waals surface area (Å²) in [6.45, 7) is 4.49. The molecule has 0 N–H and O–H groups in total. The average Bonchev–Trinajstić information content (AvgIpc) is 3.14. The highest BCUT2D eigenvalue weighted by atomic mass is 16.6. The van der Waals surface area contributed by atoms with Crippen LogP contribution < -0.4 is 9.47 Å². The highest BCUT2D eigenvalue weighted by Crippen LogP contribution is 2.26. The molecule has 0 heterocycles. The highest BCUT2D eigenvalue weighted by Gasteiger charge is 2.27. The van der Waals surface area contributed by atoms with E-state index in [1.54, 1.807) is 48.5 Å². The van der Waals surface area contributed by atoms with Crippen molar-refractivity contribution in [1.29, 1.82) is 0 Å². The van der Waals surface area contributed by atoms with Gasteiger partial charge in [0.1, 0.15) is 29.8 Å². The van der Waals surface area contributed by atoms with Gasteiger partial charge in [0.25, 0.3) is 0 Å². The van der Waals surface area contributed by atoms with Gasteiger partial charge in [0.05, 0.1) is 24.3 Å². The first-order valence-electron chi connectivity index (χ1n) is 17.1. The fourth-order valence-electron chi connectivity index (χ4n) is 5.16. The van der Waals surface area contributed by atoms with Crippen molar-refractivity contribution in [2.45, 2.75) is 95.7 Å². The number of hydrogen-bond donors (Lipinski definition) is 0. The minimum atomic E-state index is -0.423. The molecular formula is C42H44O8. The molecule has 8 nitrogen and oxygen atoms in total. The van der Waals surface area contributed by atoms with Gasteiger partial charge >= 0.3 is 17.9 Å². The Bertz CT molecular complexity index is 1610. The first-order valence-corrected chi connectivity index (χ1v) is 17.1. The molecule has 0 amide bonds. The highest BCUT2D eigenvalue weighted by molar-refractivity contribution is 5.90.